The molecule has 0 amide bonds. The smallest absolute Gasteiger partial charge is 0.358 e. The van der Waals surface area contributed by atoms with Crippen LogP contribution in [0.25, 0.3) is 0 Å². The molecule has 0 fully saturated rings. The summed E-state index contributed by atoms with van der Waals surface area (Å²) in [6.45, 7) is 1.34. The third-order valence-corrected chi connectivity index (χ3v) is 1.80. The van der Waals surface area contributed by atoms with Crippen molar-refractivity contribution in [3.63, 3.8) is 0 Å². The van der Waals surface area contributed by atoms with E-state index in [0.717, 1.165) is 6.07 Å². The molecule has 0 saturated heterocycles. The lowest BCUT2D eigenvalue weighted by atomic mass is 10.1. The molecule has 0 spiro atoms. The first-order valence-electron chi connectivity index (χ1n) is 3.86. The number of pyridine rings is 1. The molecule has 1 aromatic rings. The van der Waals surface area contributed by atoms with E-state index in [1.165, 1.54) is 6.92 Å². The topological polar surface area (TPSA) is 73.1 Å². The molecule has 0 aliphatic carbocycles. The zero-order valence-corrected chi connectivity index (χ0v) is 7.61. The van der Waals surface area contributed by atoms with Crippen LogP contribution in [0.1, 0.15) is 28.0 Å². The number of carbonyl (C=O) groups excluding carboxylic acids is 1. The van der Waals surface area contributed by atoms with Crippen molar-refractivity contribution < 1.29 is 18.5 Å². The SMILES string of the molecule is Cc1nc([N+](=O)[O-])c(C(F)F)cc1C=O. The summed E-state index contributed by atoms with van der Waals surface area (Å²) < 4.78 is 24.8. The number of halogens is 2. The van der Waals surface area contributed by atoms with E-state index in [9.17, 15) is 23.7 Å². The Kier molecular flexibility index (Phi) is 3.03. The molecular weight excluding hydrogens is 210 g/mol. The molecular formula is C8H6F2N2O3. The predicted octanol–water partition coefficient (Wildman–Crippen LogP) is 2.05. The Hall–Kier alpha value is -1.92. The monoisotopic (exact) mass is 216 g/mol. The van der Waals surface area contributed by atoms with Crippen LogP contribution in [-0.4, -0.2) is 16.2 Å². The fourth-order valence-electron chi connectivity index (χ4n) is 1.05. The minimum atomic E-state index is -3.03. The van der Waals surface area contributed by atoms with Gasteiger partial charge in [0.05, 0.1) is 5.56 Å². The van der Waals surface area contributed by atoms with Gasteiger partial charge in [0.1, 0.15) is 5.56 Å². The van der Waals surface area contributed by atoms with E-state index in [4.69, 9.17) is 0 Å². The van der Waals surface area contributed by atoms with E-state index >= 15 is 0 Å². The van der Waals surface area contributed by atoms with E-state index in [0.29, 0.717) is 6.29 Å². The van der Waals surface area contributed by atoms with Crippen LogP contribution in [0.4, 0.5) is 14.6 Å². The minimum Gasteiger partial charge on any atom is -0.358 e. The summed E-state index contributed by atoms with van der Waals surface area (Å²) in [5.74, 6) is -0.909. The summed E-state index contributed by atoms with van der Waals surface area (Å²) in [4.78, 5) is 23.2. The lowest BCUT2D eigenvalue weighted by Crippen LogP contribution is -2.03. The zero-order chi connectivity index (χ0) is 11.6. The maximum absolute atomic E-state index is 12.4. The molecule has 0 aliphatic heterocycles. The van der Waals surface area contributed by atoms with Crippen LogP contribution in [0.15, 0.2) is 6.07 Å². The van der Waals surface area contributed by atoms with Crippen molar-refractivity contribution in [2.45, 2.75) is 13.3 Å². The van der Waals surface area contributed by atoms with Crippen molar-refractivity contribution in [1.82, 2.24) is 4.98 Å². The number of nitro groups is 1. The van der Waals surface area contributed by atoms with Crippen molar-refractivity contribution in [3.8, 4) is 0 Å². The van der Waals surface area contributed by atoms with Crippen LogP contribution < -0.4 is 0 Å². The fourth-order valence-corrected chi connectivity index (χ4v) is 1.05. The van der Waals surface area contributed by atoms with Gasteiger partial charge in [-0.1, -0.05) is 0 Å². The van der Waals surface area contributed by atoms with Crippen LogP contribution in [0.5, 0.6) is 0 Å². The van der Waals surface area contributed by atoms with Crippen molar-refractivity contribution >= 4 is 12.1 Å². The van der Waals surface area contributed by atoms with Crippen LogP contribution in [0, 0.1) is 17.0 Å². The van der Waals surface area contributed by atoms with Gasteiger partial charge in [0.15, 0.2) is 12.0 Å². The van der Waals surface area contributed by atoms with Crippen molar-refractivity contribution in [2.24, 2.45) is 0 Å². The number of carbonyl (C=O) groups is 1. The van der Waals surface area contributed by atoms with Crippen LogP contribution in [-0.2, 0) is 0 Å². The number of aromatic nitrogens is 1. The third-order valence-electron chi connectivity index (χ3n) is 1.80. The molecule has 0 aromatic carbocycles. The van der Waals surface area contributed by atoms with E-state index in [-0.39, 0.29) is 11.3 Å². The van der Waals surface area contributed by atoms with Gasteiger partial charge >= 0.3 is 5.82 Å². The first kappa shape index (κ1) is 11.2. The normalized spacial score (nSPS) is 10.4. The first-order valence-corrected chi connectivity index (χ1v) is 3.86. The molecule has 15 heavy (non-hydrogen) atoms. The standard InChI is InChI=1S/C8H6F2N2O3/c1-4-5(3-13)2-6(7(9)10)8(11-4)12(14)15/h2-3,7H,1H3. The third kappa shape index (κ3) is 2.12. The number of hydrogen-bond donors (Lipinski definition) is 0. The molecule has 1 rings (SSSR count). The summed E-state index contributed by atoms with van der Waals surface area (Å²) in [5.41, 5.74) is -0.857. The molecule has 0 radical (unpaired) electrons. The Balaban J connectivity index is 3.45. The first-order chi connectivity index (χ1) is 6.97. The van der Waals surface area contributed by atoms with Crippen molar-refractivity contribution in [2.75, 3.05) is 0 Å². The highest BCUT2D eigenvalue weighted by Crippen LogP contribution is 2.28. The number of aldehydes is 1. The summed E-state index contributed by atoms with van der Waals surface area (Å²) in [7, 11) is 0. The second-order valence-corrected chi connectivity index (χ2v) is 2.75. The van der Waals surface area contributed by atoms with Gasteiger partial charge in [0.25, 0.3) is 6.43 Å². The summed E-state index contributed by atoms with van der Waals surface area (Å²) in [6, 6.07) is 0.790. The molecule has 1 aromatic heterocycles. The molecule has 0 saturated carbocycles. The Morgan fingerprint density at radius 3 is 2.60 bits per heavy atom. The highest BCUT2D eigenvalue weighted by molar-refractivity contribution is 5.77. The summed E-state index contributed by atoms with van der Waals surface area (Å²) in [5, 5.41) is 10.4. The van der Waals surface area contributed by atoms with Crippen LogP contribution >= 0.6 is 0 Å². The Morgan fingerprint density at radius 1 is 1.60 bits per heavy atom. The van der Waals surface area contributed by atoms with Gasteiger partial charge in [0.2, 0.25) is 0 Å². The molecule has 5 nitrogen and oxygen atoms in total. The largest absolute Gasteiger partial charge is 0.372 e. The van der Waals surface area contributed by atoms with Crippen molar-refractivity contribution in [1.29, 1.82) is 0 Å². The van der Waals surface area contributed by atoms with E-state index in [1.807, 2.05) is 0 Å². The quantitative estimate of drug-likeness (QED) is 0.440. The fraction of sp³-hybridized carbons (Fsp3) is 0.250. The molecule has 7 heteroatoms. The van der Waals surface area contributed by atoms with E-state index < -0.39 is 22.7 Å². The molecule has 0 atom stereocenters. The van der Waals surface area contributed by atoms with Gasteiger partial charge in [-0.2, -0.15) is 0 Å². The highest BCUT2D eigenvalue weighted by Gasteiger charge is 2.25. The molecule has 0 bridgehead atoms. The Bertz CT molecular complexity index is 421. The van der Waals surface area contributed by atoms with Gasteiger partial charge in [0, 0.05) is 6.92 Å². The highest BCUT2D eigenvalue weighted by atomic mass is 19.3. The molecule has 0 N–H and O–H groups in total. The van der Waals surface area contributed by atoms with Gasteiger partial charge in [-0.25, -0.2) is 8.78 Å². The zero-order valence-electron chi connectivity index (χ0n) is 7.61. The average molecular weight is 216 g/mol. The van der Waals surface area contributed by atoms with Gasteiger partial charge in [-0.3, -0.25) is 4.79 Å². The number of alkyl halides is 2. The Morgan fingerprint density at radius 2 is 2.20 bits per heavy atom. The number of aryl methyl sites for hydroxylation is 1. The van der Waals surface area contributed by atoms with Gasteiger partial charge in [-0.05, 0) is 16.0 Å². The molecule has 0 aliphatic rings. The predicted molar refractivity (Wildman–Crippen MR) is 46.0 cm³/mol. The van der Waals surface area contributed by atoms with E-state index in [2.05, 4.69) is 4.98 Å². The maximum Gasteiger partial charge on any atom is 0.372 e. The summed E-state index contributed by atoms with van der Waals surface area (Å²) >= 11 is 0. The van der Waals surface area contributed by atoms with Gasteiger partial charge in [-0.15, -0.1) is 0 Å². The second-order valence-electron chi connectivity index (χ2n) is 2.75. The number of hydrogen-bond acceptors (Lipinski definition) is 4. The molecule has 1 heterocycles. The minimum absolute atomic E-state index is 0.0566. The Labute approximate surface area is 82.9 Å². The molecule has 0 unspecified atom stereocenters. The van der Waals surface area contributed by atoms with Crippen molar-refractivity contribution in [3.05, 3.63) is 33.0 Å². The lowest BCUT2D eigenvalue weighted by Gasteiger charge is -2.02. The number of rotatable bonds is 3. The van der Waals surface area contributed by atoms with Crippen LogP contribution in [0.3, 0.4) is 0 Å². The maximum atomic E-state index is 12.4. The van der Waals surface area contributed by atoms with Gasteiger partial charge < -0.3 is 10.1 Å². The van der Waals surface area contributed by atoms with E-state index in [1.54, 1.807) is 0 Å². The number of nitrogens with zero attached hydrogens (tertiary/aromatic N) is 2. The van der Waals surface area contributed by atoms with Crippen LogP contribution in [0.2, 0.25) is 0 Å². The average Bonchev–Trinajstić information content (AvgIpc) is 2.16. The second kappa shape index (κ2) is 4.07. The molecule has 80 valence electrons. The lowest BCUT2D eigenvalue weighted by molar-refractivity contribution is -0.391. The summed E-state index contributed by atoms with van der Waals surface area (Å²) in [6.07, 6.45) is -2.70.